The van der Waals surface area contributed by atoms with Gasteiger partial charge < -0.3 is 9.30 Å². The Morgan fingerprint density at radius 3 is 2.68 bits per heavy atom. The average Bonchev–Trinajstić information content (AvgIpc) is 2.87. The molecule has 1 aromatic carbocycles. The van der Waals surface area contributed by atoms with Crippen LogP contribution in [0.25, 0.3) is 5.65 Å². The van der Waals surface area contributed by atoms with Gasteiger partial charge in [-0.15, -0.1) is 0 Å². The number of hydrogen-bond donors (Lipinski definition) is 1. The van der Waals surface area contributed by atoms with Crippen molar-refractivity contribution in [2.45, 2.75) is 20.0 Å². The van der Waals surface area contributed by atoms with Gasteiger partial charge in [-0.1, -0.05) is 35.3 Å². The van der Waals surface area contributed by atoms with Crippen LogP contribution in [-0.4, -0.2) is 16.4 Å². The van der Waals surface area contributed by atoms with Crippen LogP contribution in [0.3, 0.4) is 0 Å². The predicted molar refractivity (Wildman–Crippen MR) is 90.7 cm³/mol. The number of nitrogens with one attached hydrogen (secondary N) is 1. The van der Waals surface area contributed by atoms with Crippen LogP contribution in [0.1, 0.15) is 16.8 Å². The predicted octanol–water partition coefficient (Wildman–Crippen LogP) is 3.16. The molecule has 22 heavy (non-hydrogen) atoms. The molecular formula is C17H18Cl2N3+. The largest absolute Gasteiger partial charge is 0.329 e. The number of nitrogens with zero attached hydrogens (tertiary/aromatic N) is 2. The summed E-state index contributed by atoms with van der Waals surface area (Å²) in [5.41, 5.74) is 4.48. The third-order valence-corrected chi connectivity index (χ3v) is 4.44. The number of aryl methyl sites for hydroxylation is 1. The molecular weight excluding hydrogens is 317 g/mol. The fourth-order valence-electron chi connectivity index (χ4n) is 2.66. The second-order valence-electron chi connectivity index (χ2n) is 5.71. The SMILES string of the molecule is Cc1cccn2cc(C[NH+](C)Cc3ccc(Cl)c(Cl)c3)nc12. The molecule has 2 aromatic heterocycles. The normalized spacial score (nSPS) is 12.7. The molecule has 0 bridgehead atoms. The fourth-order valence-corrected chi connectivity index (χ4v) is 2.98. The summed E-state index contributed by atoms with van der Waals surface area (Å²) in [6.07, 6.45) is 4.13. The van der Waals surface area contributed by atoms with Crippen molar-refractivity contribution in [1.82, 2.24) is 9.38 Å². The number of rotatable bonds is 4. The van der Waals surface area contributed by atoms with Crippen molar-refractivity contribution in [3.05, 3.63) is 69.6 Å². The Morgan fingerprint density at radius 1 is 1.14 bits per heavy atom. The zero-order valence-corrected chi connectivity index (χ0v) is 14.1. The number of benzene rings is 1. The lowest BCUT2D eigenvalue weighted by atomic mass is 10.2. The molecule has 5 heteroatoms. The molecule has 3 aromatic rings. The maximum Gasteiger partial charge on any atom is 0.140 e. The first kappa shape index (κ1) is 15.3. The quantitative estimate of drug-likeness (QED) is 0.777. The summed E-state index contributed by atoms with van der Waals surface area (Å²) < 4.78 is 2.08. The molecule has 1 N–H and O–H groups in total. The summed E-state index contributed by atoms with van der Waals surface area (Å²) in [6.45, 7) is 3.82. The van der Waals surface area contributed by atoms with Crippen molar-refractivity contribution in [3.8, 4) is 0 Å². The van der Waals surface area contributed by atoms with E-state index >= 15 is 0 Å². The Hall–Kier alpha value is -1.55. The molecule has 0 spiro atoms. The van der Waals surface area contributed by atoms with E-state index in [0.717, 1.165) is 24.4 Å². The van der Waals surface area contributed by atoms with Gasteiger partial charge in [-0.3, -0.25) is 0 Å². The van der Waals surface area contributed by atoms with E-state index in [4.69, 9.17) is 28.2 Å². The molecule has 0 saturated heterocycles. The van der Waals surface area contributed by atoms with E-state index in [9.17, 15) is 0 Å². The van der Waals surface area contributed by atoms with Crippen LogP contribution in [0, 0.1) is 6.92 Å². The van der Waals surface area contributed by atoms with Gasteiger partial charge >= 0.3 is 0 Å². The lowest BCUT2D eigenvalue weighted by Crippen LogP contribution is -3.06. The summed E-state index contributed by atoms with van der Waals surface area (Å²) in [6, 6.07) is 9.92. The molecule has 114 valence electrons. The molecule has 0 saturated carbocycles. The Kier molecular flexibility index (Phi) is 4.39. The number of hydrogen-bond acceptors (Lipinski definition) is 1. The average molecular weight is 335 g/mol. The molecule has 0 fully saturated rings. The van der Waals surface area contributed by atoms with Crippen molar-refractivity contribution in [1.29, 1.82) is 0 Å². The standard InChI is InChI=1S/C17H17Cl2N3/c1-12-4-3-7-22-11-14(20-17(12)22)10-21(2)9-13-5-6-15(18)16(19)8-13/h3-8,11H,9-10H2,1-2H3/p+1. The van der Waals surface area contributed by atoms with Crippen molar-refractivity contribution < 1.29 is 4.90 Å². The van der Waals surface area contributed by atoms with Gasteiger partial charge in [0.1, 0.15) is 24.4 Å². The van der Waals surface area contributed by atoms with Crippen LogP contribution in [0.15, 0.2) is 42.7 Å². The van der Waals surface area contributed by atoms with Crippen LogP contribution in [0.2, 0.25) is 10.0 Å². The van der Waals surface area contributed by atoms with Crippen molar-refractivity contribution >= 4 is 28.8 Å². The Labute approximate surface area is 140 Å². The maximum atomic E-state index is 6.07. The monoisotopic (exact) mass is 334 g/mol. The molecule has 0 aliphatic carbocycles. The summed E-state index contributed by atoms with van der Waals surface area (Å²) in [7, 11) is 2.15. The number of halogens is 2. The van der Waals surface area contributed by atoms with Gasteiger partial charge in [0.15, 0.2) is 0 Å². The second kappa shape index (κ2) is 6.29. The number of pyridine rings is 1. The lowest BCUT2D eigenvalue weighted by Gasteiger charge is -2.13. The summed E-state index contributed by atoms with van der Waals surface area (Å²) in [4.78, 5) is 6.07. The summed E-state index contributed by atoms with van der Waals surface area (Å²) in [5.74, 6) is 0. The van der Waals surface area contributed by atoms with E-state index in [1.54, 1.807) is 0 Å². The maximum absolute atomic E-state index is 6.07. The highest BCUT2D eigenvalue weighted by Crippen LogP contribution is 2.22. The van der Waals surface area contributed by atoms with Crippen LogP contribution < -0.4 is 4.90 Å². The van der Waals surface area contributed by atoms with Crippen LogP contribution in [0.4, 0.5) is 0 Å². The van der Waals surface area contributed by atoms with Gasteiger partial charge in [0, 0.05) is 18.0 Å². The van der Waals surface area contributed by atoms with Crippen LogP contribution in [0.5, 0.6) is 0 Å². The zero-order chi connectivity index (χ0) is 15.7. The number of quaternary nitrogens is 1. The third kappa shape index (κ3) is 3.27. The zero-order valence-electron chi connectivity index (χ0n) is 12.6. The van der Waals surface area contributed by atoms with Gasteiger partial charge in [0.2, 0.25) is 0 Å². The number of fused-ring (bicyclic) bond motifs is 1. The Balaban J connectivity index is 1.73. The molecule has 0 aliphatic heterocycles. The van der Waals surface area contributed by atoms with Gasteiger partial charge in [-0.2, -0.15) is 0 Å². The number of aromatic nitrogens is 2. The summed E-state index contributed by atoms with van der Waals surface area (Å²) >= 11 is 12.0. The molecule has 3 nitrogen and oxygen atoms in total. The van der Waals surface area contributed by atoms with Crippen LogP contribution in [-0.2, 0) is 13.1 Å². The molecule has 0 radical (unpaired) electrons. The smallest absolute Gasteiger partial charge is 0.140 e. The van der Waals surface area contributed by atoms with Gasteiger partial charge in [-0.05, 0) is 30.7 Å². The highest BCUT2D eigenvalue weighted by molar-refractivity contribution is 6.42. The highest BCUT2D eigenvalue weighted by Gasteiger charge is 2.10. The van der Waals surface area contributed by atoms with Gasteiger partial charge in [0.25, 0.3) is 0 Å². The van der Waals surface area contributed by atoms with E-state index in [1.807, 2.05) is 30.5 Å². The first-order chi connectivity index (χ1) is 10.5. The minimum absolute atomic E-state index is 0.596. The highest BCUT2D eigenvalue weighted by atomic mass is 35.5. The molecule has 0 amide bonds. The molecule has 3 rings (SSSR count). The van der Waals surface area contributed by atoms with E-state index in [-0.39, 0.29) is 0 Å². The Morgan fingerprint density at radius 2 is 1.95 bits per heavy atom. The fraction of sp³-hybridized carbons (Fsp3) is 0.235. The molecule has 1 atom stereocenters. The van der Waals surface area contributed by atoms with Crippen molar-refractivity contribution in [2.24, 2.45) is 0 Å². The van der Waals surface area contributed by atoms with E-state index < -0.39 is 0 Å². The third-order valence-electron chi connectivity index (χ3n) is 3.70. The molecule has 2 heterocycles. The van der Waals surface area contributed by atoms with E-state index in [0.29, 0.717) is 10.0 Å². The Bertz CT molecular complexity index is 811. The minimum Gasteiger partial charge on any atom is -0.329 e. The summed E-state index contributed by atoms with van der Waals surface area (Å²) in [5, 5.41) is 1.20. The van der Waals surface area contributed by atoms with Gasteiger partial charge in [-0.25, -0.2) is 4.98 Å². The van der Waals surface area contributed by atoms with Crippen LogP contribution >= 0.6 is 23.2 Å². The topological polar surface area (TPSA) is 21.7 Å². The van der Waals surface area contributed by atoms with Crippen molar-refractivity contribution in [3.63, 3.8) is 0 Å². The molecule has 0 aliphatic rings. The molecule has 1 unspecified atom stereocenters. The van der Waals surface area contributed by atoms with Gasteiger partial charge in [0.05, 0.1) is 17.1 Å². The second-order valence-corrected chi connectivity index (χ2v) is 6.53. The minimum atomic E-state index is 0.596. The number of imidazole rings is 1. The van der Waals surface area contributed by atoms with Crippen molar-refractivity contribution in [2.75, 3.05) is 7.05 Å². The first-order valence-electron chi connectivity index (χ1n) is 7.21. The lowest BCUT2D eigenvalue weighted by molar-refractivity contribution is -0.908. The van der Waals surface area contributed by atoms with E-state index in [1.165, 1.54) is 16.0 Å². The van der Waals surface area contributed by atoms with E-state index in [2.05, 4.69) is 30.6 Å². The first-order valence-corrected chi connectivity index (χ1v) is 7.97.